The highest BCUT2D eigenvalue weighted by molar-refractivity contribution is 5.92. The lowest BCUT2D eigenvalue weighted by Gasteiger charge is -2.42. The topological polar surface area (TPSA) is 86.3 Å². The van der Waals surface area contributed by atoms with Crippen LogP contribution in [0, 0.1) is 6.92 Å². The molecule has 8 heteroatoms. The summed E-state index contributed by atoms with van der Waals surface area (Å²) in [6.45, 7) is 9.75. The summed E-state index contributed by atoms with van der Waals surface area (Å²) in [5, 5.41) is 3.41. The lowest BCUT2D eigenvalue weighted by atomic mass is 9.98. The van der Waals surface area contributed by atoms with Crippen molar-refractivity contribution in [2.24, 2.45) is 0 Å². The molecule has 29 heavy (non-hydrogen) atoms. The Morgan fingerprint density at radius 3 is 2.52 bits per heavy atom. The highest BCUT2D eigenvalue weighted by Crippen LogP contribution is 2.24. The normalized spacial score (nSPS) is 15.2. The van der Waals surface area contributed by atoms with Gasteiger partial charge in [-0.3, -0.25) is 0 Å². The van der Waals surface area contributed by atoms with Crippen molar-refractivity contribution in [3.8, 4) is 5.75 Å². The third-order valence-corrected chi connectivity index (χ3v) is 4.45. The molecule has 0 aromatic heterocycles. The number of nitrogens with one attached hydrogen (secondary N) is 1. The summed E-state index contributed by atoms with van der Waals surface area (Å²) in [6.07, 6.45) is -0.364. The lowest BCUT2D eigenvalue weighted by Crippen LogP contribution is -2.65. The van der Waals surface area contributed by atoms with Gasteiger partial charge < -0.3 is 29.2 Å². The van der Waals surface area contributed by atoms with Gasteiger partial charge in [0.05, 0.1) is 25.9 Å². The molecule has 162 valence electrons. The zero-order valence-corrected chi connectivity index (χ0v) is 18.2. The number of ether oxygens (including phenoxy) is 4. The predicted molar refractivity (Wildman–Crippen MR) is 108 cm³/mol. The Bertz CT molecular complexity index is 724. The molecular formula is C21H32N2O6. The summed E-state index contributed by atoms with van der Waals surface area (Å²) >= 11 is 0. The number of benzene rings is 1. The van der Waals surface area contributed by atoms with E-state index >= 15 is 0 Å². The molecule has 0 saturated carbocycles. The first-order valence-electron chi connectivity index (χ1n) is 9.64. The fourth-order valence-electron chi connectivity index (χ4n) is 2.76. The number of methoxy groups -OCH3 is 1. The fourth-order valence-corrected chi connectivity index (χ4v) is 2.76. The van der Waals surface area contributed by atoms with Gasteiger partial charge in [-0.15, -0.1) is 0 Å². The van der Waals surface area contributed by atoms with Crippen molar-refractivity contribution in [1.29, 1.82) is 0 Å². The van der Waals surface area contributed by atoms with Crippen molar-refractivity contribution in [2.45, 2.75) is 38.8 Å². The second-order valence-corrected chi connectivity index (χ2v) is 8.38. The molecule has 0 aliphatic carbocycles. The molecular weight excluding hydrogens is 376 g/mol. The standard InChI is InChI=1S/C21H32N2O6/c1-15-7-8-17(16(11-15)18(24)26-6)28-14-21(12-27-13-21)22-9-10-23(5)19(25)29-20(2,3)4/h7-8,11,22H,9-10,12-14H2,1-6H3. The average Bonchev–Trinajstić information content (AvgIpc) is 2.61. The molecule has 1 saturated heterocycles. The number of carbonyl (C=O) groups excluding carboxylic acids is 2. The first kappa shape index (κ1) is 23.0. The minimum absolute atomic E-state index is 0.330. The largest absolute Gasteiger partial charge is 0.491 e. The number of likely N-dealkylation sites (N-methyl/N-ethyl adjacent to an activating group) is 1. The molecule has 1 heterocycles. The third kappa shape index (κ3) is 6.61. The van der Waals surface area contributed by atoms with Gasteiger partial charge >= 0.3 is 12.1 Å². The first-order valence-corrected chi connectivity index (χ1v) is 9.64. The Hall–Kier alpha value is -2.32. The van der Waals surface area contributed by atoms with Gasteiger partial charge in [0.15, 0.2) is 0 Å². The molecule has 2 rings (SSSR count). The molecule has 1 aliphatic heterocycles. The van der Waals surface area contributed by atoms with E-state index in [1.54, 1.807) is 19.2 Å². The summed E-state index contributed by atoms with van der Waals surface area (Å²) in [5.41, 5.74) is 0.448. The molecule has 8 nitrogen and oxygen atoms in total. The number of hydrogen-bond donors (Lipinski definition) is 1. The van der Waals surface area contributed by atoms with Crippen molar-refractivity contribution in [1.82, 2.24) is 10.2 Å². The van der Waals surface area contributed by atoms with E-state index in [-0.39, 0.29) is 11.6 Å². The van der Waals surface area contributed by atoms with Crippen molar-refractivity contribution in [3.63, 3.8) is 0 Å². The van der Waals surface area contributed by atoms with Crippen molar-refractivity contribution >= 4 is 12.1 Å². The summed E-state index contributed by atoms with van der Waals surface area (Å²) in [7, 11) is 3.05. The van der Waals surface area contributed by atoms with E-state index in [1.807, 2.05) is 33.8 Å². The molecule has 0 unspecified atom stereocenters. The van der Waals surface area contributed by atoms with E-state index in [4.69, 9.17) is 18.9 Å². The summed E-state index contributed by atoms with van der Waals surface area (Å²) in [6, 6.07) is 5.40. The van der Waals surface area contributed by atoms with Gasteiger partial charge in [-0.25, -0.2) is 9.59 Å². The zero-order valence-electron chi connectivity index (χ0n) is 18.2. The minimum atomic E-state index is -0.527. The van der Waals surface area contributed by atoms with E-state index < -0.39 is 11.6 Å². The number of amides is 1. The van der Waals surface area contributed by atoms with Crippen LogP contribution in [0.5, 0.6) is 5.75 Å². The van der Waals surface area contributed by atoms with E-state index in [0.29, 0.717) is 44.2 Å². The van der Waals surface area contributed by atoms with Gasteiger partial charge in [0.2, 0.25) is 0 Å². The Morgan fingerprint density at radius 2 is 1.97 bits per heavy atom. The minimum Gasteiger partial charge on any atom is -0.491 e. The molecule has 0 atom stereocenters. The second kappa shape index (κ2) is 9.45. The molecule has 0 radical (unpaired) electrons. The van der Waals surface area contributed by atoms with Crippen LogP contribution in [0.25, 0.3) is 0 Å². The highest BCUT2D eigenvalue weighted by Gasteiger charge is 2.39. The molecule has 0 bridgehead atoms. The van der Waals surface area contributed by atoms with Gasteiger partial charge in [-0.2, -0.15) is 0 Å². The van der Waals surface area contributed by atoms with Crippen LogP contribution < -0.4 is 10.1 Å². The van der Waals surface area contributed by atoms with Crippen LogP contribution in [0.1, 0.15) is 36.7 Å². The summed E-state index contributed by atoms with van der Waals surface area (Å²) in [4.78, 5) is 25.6. The number of nitrogens with zero attached hydrogens (tertiary/aromatic N) is 1. The van der Waals surface area contributed by atoms with E-state index in [9.17, 15) is 9.59 Å². The van der Waals surface area contributed by atoms with Gasteiger partial charge in [0, 0.05) is 20.1 Å². The maximum absolute atomic E-state index is 12.0. The maximum atomic E-state index is 12.0. The van der Waals surface area contributed by atoms with Crippen molar-refractivity contribution in [3.05, 3.63) is 29.3 Å². The first-order chi connectivity index (χ1) is 13.6. The van der Waals surface area contributed by atoms with Crippen LogP contribution in [0.3, 0.4) is 0 Å². The Balaban J connectivity index is 1.90. The smallest absolute Gasteiger partial charge is 0.410 e. The van der Waals surface area contributed by atoms with Crippen molar-refractivity contribution in [2.75, 3.05) is 47.1 Å². The number of carbonyl (C=O) groups is 2. The van der Waals surface area contributed by atoms with Crippen molar-refractivity contribution < 1.29 is 28.5 Å². The number of hydrogen-bond acceptors (Lipinski definition) is 7. The van der Waals surface area contributed by atoms with Crippen LogP contribution in [0.15, 0.2) is 18.2 Å². The number of esters is 1. The van der Waals surface area contributed by atoms with E-state index in [0.717, 1.165) is 5.56 Å². The van der Waals surface area contributed by atoms with Crippen LogP contribution in [-0.4, -0.2) is 75.2 Å². The Morgan fingerprint density at radius 1 is 1.28 bits per heavy atom. The SMILES string of the molecule is COC(=O)c1cc(C)ccc1OCC1(NCCN(C)C(=O)OC(C)(C)C)COC1. The fraction of sp³-hybridized carbons (Fsp3) is 0.619. The quantitative estimate of drug-likeness (QED) is 0.661. The average molecular weight is 408 g/mol. The van der Waals surface area contributed by atoms with Gasteiger partial charge in [-0.1, -0.05) is 11.6 Å². The lowest BCUT2D eigenvalue weighted by molar-refractivity contribution is -0.0930. The second-order valence-electron chi connectivity index (χ2n) is 8.38. The molecule has 1 fully saturated rings. The molecule has 1 aliphatic rings. The number of aryl methyl sites for hydroxylation is 1. The summed E-state index contributed by atoms with van der Waals surface area (Å²) < 4.78 is 21.5. The van der Waals surface area contributed by atoms with Crippen LogP contribution in [-0.2, 0) is 14.2 Å². The maximum Gasteiger partial charge on any atom is 0.410 e. The van der Waals surface area contributed by atoms with Crippen LogP contribution in [0.2, 0.25) is 0 Å². The molecule has 1 aromatic carbocycles. The highest BCUT2D eigenvalue weighted by atomic mass is 16.6. The Labute approximate surface area is 172 Å². The van der Waals surface area contributed by atoms with Crippen LogP contribution in [0.4, 0.5) is 4.79 Å². The molecule has 0 spiro atoms. The molecule has 1 N–H and O–H groups in total. The van der Waals surface area contributed by atoms with Gasteiger partial charge in [-0.05, 0) is 39.8 Å². The monoisotopic (exact) mass is 408 g/mol. The Kier molecular flexibility index (Phi) is 7.48. The van der Waals surface area contributed by atoms with E-state index in [1.165, 1.54) is 12.0 Å². The molecule has 1 amide bonds. The van der Waals surface area contributed by atoms with E-state index in [2.05, 4.69) is 5.32 Å². The zero-order chi connectivity index (χ0) is 21.7. The number of rotatable bonds is 8. The third-order valence-electron chi connectivity index (χ3n) is 4.45. The summed E-state index contributed by atoms with van der Waals surface area (Å²) in [5.74, 6) is 0.0379. The van der Waals surface area contributed by atoms with Gasteiger partial charge in [0.25, 0.3) is 0 Å². The van der Waals surface area contributed by atoms with Crippen LogP contribution >= 0.6 is 0 Å². The molecule has 1 aromatic rings. The predicted octanol–water partition coefficient (Wildman–Crippen LogP) is 2.39. The van der Waals surface area contributed by atoms with Gasteiger partial charge in [0.1, 0.15) is 23.5 Å².